The first-order chi connectivity index (χ1) is 14.2. The predicted molar refractivity (Wildman–Crippen MR) is 116 cm³/mol. The quantitative estimate of drug-likeness (QED) is 0.299. The average molecular weight is 436 g/mol. The monoisotopic (exact) mass is 435 g/mol. The zero-order valence-corrected chi connectivity index (χ0v) is 18.4. The molecular weight excluding hydrogens is 406 g/mol. The van der Waals surface area contributed by atoms with E-state index >= 15 is 0 Å². The number of carbonyl (C=O) groups is 1. The summed E-state index contributed by atoms with van der Waals surface area (Å²) in [7, 11) is -3.97. The molecule has 2 aromatic carbocycles. The van der Waals surface area contributed by atoms with Gasteiger partial charge in [0.1, 0.15) is 18.5 Å². The number of ketones is 1. The second-order valence-corrected chi connectivity index (χ2v) is 8.68. The molecule has 7 nitrogen and oxygen atoms in total. The molecule has 30 heavy (non-hydrogen) atoms. The highest BCUT2D eigenvalue weighted by Crippen LogP contribution is 2.24. The van der Waals surface area contributed by atoms with Gasteiger partial charge in [-0.25, -0.2) is 0 Å². The maximum absolute atomic E-state index is 12.2. The Morgan fingerprint density at radius 1 is 1.13 bits per heavy atom. The SMILES string of the molecule is CCCCNc1ccc(OC[C@@H](O)COS(=O)(=O)c2ccc(C)cc2)c(C(C)=O)c1. The minimum atomic E-state index is -3.97. The Morgan fingerprint density at radius 2 is 1.83 bits per heavy atom. The van der Waals surface area contributed by atoms with Crippen LogP contribution in [0.5, 0.6) is 5.75 Å². The number of unbranched alkanes of at least 4 members (excludes halogenated alkanes) is 1. The standard InChI is InChI=1S/C22H29NO6S/c1-4-5-12-23-18-8-11-22(21(13-18)17(3)24)28-14-19(25)15-29-30(26,27)20-9-6-16(2)7-10-20/h6-11,13,19,23,25H,4-5,12,14-15H2,1-3H3/t19-/m1/s1. The molecule has 2 N–H and O–H groups in total. The predicted octanol–water partition coefficient (Wildman–Crippen LogP) is 3.55. The highest BCUT2D eigenvalue weighted by molar-refractivity contribution is 7.86. The summed E-state index contributed by atoms with van der Waals surface area (Å²) in [4.78, 5) is 12.0. The number of benzene rings is 2. The van der Waals surface area contributed by atoms with Crippen molar-refractivity contribution in [3.63, 3.8) is 0 Å². The van der Waals surface area contributed by atoms with Gasteiger partial charge in [0, 0.05) is 12.2 Å². The van der Waals surface area contributed by atoms with E-state index in [1.165, 1.54) is 19.1 Å². The fraction of sp³-hybridized carbons (Fsp3) is 0.409. The third-order valence-corrected chi connectivity index (χ3v) is 5.67. The summed E-state index contributed by atoms with van der Waals surface area (Å²) in [6.45, 7) is 5.52. The van der Waals surface area contributed by atoms with Gasteiger partial charge < -0.3 is 15.2 Å². The number of aryl methyl sites for hydroxylation is 1. The number of nitrogens with one attached hydrogen (secondary N) is 1. The first kappa shape index (κ1) is 23.9. The Balaban J connectivity index is 1.94. The van der Waals surface area contributed by atoms with Crippen molar-refractivity contribution in [1.82, 2.24) is 0 Å². The van der Waals surface area contributed by atoms with Gasteiger partial charge in [0.05, 0.1) is 17.1 Å². The zero-order chi connectivity index (χ0) is 22.1. The number of hydrogen-bond donors (Lipinski definition) is 2. The van der Waals surface area contributed by atoms with Gasteiger partial charge in [-0.2, -0.15) is 8.42 Å². The molecule has 2 aromatic rings. The number of ether oxygens (including phenoxy) is 1. The number of Topliss-reactive ketones (excluding diaryl/α,β-unsaturated/α-hetero) is 1. The van der Waals surface area contributed by atoms with E-state index in [0.29, 0.717) is 11.3 Å². The van der Waals surface area contributed by atoms with E-state index in [2.05, 4.69) is 12.2 Å². The Hall–Kier alpha value is -2.42. The van der Waals surface area contributed by atoms with Gasteiger partial charge in [0.15, 0.2) is 5.78 Å². The lowest BCUT2D eigenvalue weighted by Gasteiger charge is -2.16. The van der Waals surface area contributed by atoms with Crippen LogP contribution in [0.1, 0.15) is 42.6 Å². The van der Waals surface area contributed by atoms with Crippen LogP contribution in [-0.4, -0.2) is 45.2 Å². The highest BCUT2D eigenvalue weighted by atomic mass is 32.2. The van der Waals surface area contributed by atoms with Crippen molar-refractivity contribution in [3.05, 3.63) is 53.6 Å². The molecule has 0 amide bonds. The molecule has 0 saturated heterocycles. The van der Waals surface area contributed by atoms with Gasteiger partial charge in [0.25, 0.3) is 10.1 Å². The molecular formula is C22H29NO6S. The maximum atomic E-state index is 12.2. The molecule has 0 heterocycles. The van der Waals surface area contributed by atoms with Crippen LogP contribution in [0, 0.1) is 6.92 Å². The molecule has 0 fully saturated rings. The fourth-order valence-electron chi connectivity index (χ4n) is 2.63. The van der Waals surface area contributed by atoms with Crippen LogP contribution in [-0.2, 0) is 14.3 Å². The van der Waals surface area contributed by atoms with E-state index in [0.717, 1.165) is 30.6 Å². The first-order valence-electron chi connectivity index (χ1n) is 9.88. The molecule has 0 aliphatic heterocycles. The summed E-state index contributed by atoms with van der Waals surface area (Å²) in [5.74, 6) is 0.154. The van der Waals surface area contributed by atoms with Crippen LogP contribution in [0.2, 0.25) is 0 Å². The molecule has 0 aromatic heterocycles. The third kappa shape index (κ3) is 7.12. The molecule has 0 aliphatic rings. The summed E-state index contributed by atoms with van der Waals surface area (Å²) in [5, 5.41) is 13.3. The van der Waals surface area contributed by atoms with Crippen molar-refractivity contribution in [2.45, 2.75) is 44.6 Å². The third-order valence-electron chi connectivity index (χ3n) is 4.37. The molecule has 8 heteroatoms. The molecule has 0 saturated carbocycles. The Bertz CT molecular complexity index is 941. The summed E-state index contributed by atoms with van der Waals surface area (Å²) in [5.41, 5.74) is 2.13. The van der Waals surface area contributed by atoms with Gasteiger partial charge in [0.2, 0.25) is 0 Å². The average Bonchev–Trinajstić information content (AvgIpc) is 2.71. The van der Waals surface area contributed by atoms with E-state index in [-0.39, 0.29) is 17.3 Å². The van der Waals surface area contributed by atoms with Crippen LogP contribution in [0.25, 0.3) is 0 Å². The van der Waals surface area contributed by atoms with Crippen molar-refractivity contribution >= 4 is 21.6 Å². The van der Waals surface area contributed by atoms with Gasteiger partial charge in [-0.05, 0) is 50.6 Å². The minimum Gasteiger partial charge on any atom is -0.490 e. The van der Waals surface area contributed by atoms with Gasteiger partial charge in [-0.15, -0.1) is 0 Å². The first-order valence-corrected chi connectivity index (χ1v) is 11.3. The lowest BCUT2D eigenvalue weighted by atomic mass is 10.1. The van der Waals surface area contributed by atoms with Crippen molar-refractivity contribution in [2.24, 2.45) is 0 Å². The molecule has 0 radical (unpaired) electrons. The van der Waals surface area contributed by atoms with Crippen LogP contribution >= 0.6 is 0 Å². The highest BCUT2D eigenvalue weighted by Gasteiger charge is 2.18. The number of carbonyl (C=O) groups excluding carboxylic acids is 1. The second-order valence-electron chi connectivity index (χ2n) is 7.06. The van der Waals surface area contributed by atoms with E-state index in [9.17, 15) is 18.3 Å². The van der Waals surface area contributed by atoms with Crippen molar-refractivity contribution in [3.8, 4) is 5.75 Å². The summed E-state index contributed by atoms with van der Waals surface area (Å²) >= 11 is 0. The maximum Gasteiger partial charge on any atom is 0.297 e. The number of hydrogen-bond acceptors (Lipinski definition) is 7. The van der Waals surface area contributed by atoms with Crippen LogP contribution in [0.15, 0.2) is 47.4 Å². The lowest BCUT2D eigenvalue weighted by Crippen LogP contribution is -2.25. The zero-order valence-electron chi connectivity index (χ0n) is 17.6. The molecule has 1 atom stereocenters. The van der Waals surface area contributed by atoms with Crippen molar-refractivity contribution in [1.29, 1.82) is 0 Å². The van der Waals surface area contributed by atoms with E-state index in [1.54, 1.807) is 30.3 Å². The molecule has 0 bridgehead atoms. The topological polar surface area (TPSA) is 102 Å². The van der Waals surface area contributed by atoms with E-state index in [4.69, 9.17) is 8.92 Å². The largest absolute Gasteiger partial charge is 0.490 e. The fourth-order valence-corrected chi connectivity index (χ4v) is 3.57. The summed E-state index contributed by atoms with van der Waals surface area (Å²) < 4.78 is 34.8. The van der Waals surface area contributed by atoms with E-state index in [1.807, 2.05) is 6.92 Å². The molecule has 0 unspecified atom stereocenters. The second kappa shape index (κ2) is 11.1. The number of aliphatic hydroxyl groups is 1. The summed E-state index contributed by atoms with van der Waals surface area (Å²) in [6.07, 6.45) is 0.894. The normalized spacial score (nSPS) is 12.4. The molecule has 0 spiro atoms. The number of rotatable bonds is 12. The minimum absolute atomic E-state index is 0.0197. The smallest absolute Gasteiger partial charge is 0.297 e. The van der Waals surface area contributed by atoms with Crippen LogP contribution < -0.4 is 10.1 Å². The number of aliphatic hydroxyl groups excluding tert-OH is 1. The van der Waals surface area contributed by atoms with Gasteiger partial charge >= 0.3 is 0 Å². The summed E-state index contributed by atoms with van der Waals surface area (Å²) in [6, 6.07) is 11.4. The van der Waals surface area contributed by atoms with Crippen LogP contribution in [0.3, 0.4) is 0 Å². The van der Waals surface area contributed by atoms with Gasteiger partial charge in [-0.3, -0.25) is 8.98 Å². The van der Waals surface area contributed by atoms with Gasteiger partial charge in [-0.1, -0.05) is 31.0 Å². The Labute approximate surface area is 178 Å². The Kier molecular flexibility index (Phi) is 8.83. The molecule has 164 valence electrons. The molecule has 0 aliphatic carbocycles. The number of anilines is 1. The van der Waals surface area contributed by atoms with Crippen molar-refractivity contribution < 1.29 is 27.2 Å². The van der Waals surface area contributed by atoms with Crippen LogP contribution in [0.4, 0.5) is 5.69 Å². The lowest BCUT2D eigenvalue weighted by molar-refractivity contribution is 0.0642. The Morgan fingerprint density at radius 3 is 2.47 bits per heavy atom. The van der Waals surface area contributed by atoms with Crippen molar-refractivity contribution in [2.75, 3.05) is 25.1 Å². The molecule has 2 rings (SSSR count). The van der Waals surface area contributed by atoms with E-state index < -0.39 is 22.8 Å².